The Morgan fingerprint density at radius 2 is 1.78 bits per heavy atom. The summed E-state index contributed by atoms with van der Waals surface area (Å²) >= 11 is 0. The van der Waals surface area contributed by atoms with E-state index in [9.17, 15) is 0 Å². The number of aryl methyl sites for hydroxylation is 2. The van der Waals surface area contributed by atoms with Crippen molar-refractivity contribution in [2.75, 3.05) is 5.73 Å². The highest BCUT2D eigenvalue weighted by atomic mass is 15.6. The van der Waals surface area contributed by atoms with E-state index in [-0.39, 0.29) is 5.54 Å². The molecule has 0 aliphatic carbocycles. The number of hydrogen-bond donors (Lipinski definition) is 1. The van der Waals surface area contributed by atoms with Crippen molar-refractivity contribution in [3.63, 3.8) is 0 Å². The normalized spacial score (nSPS) is 11.8. The van der Waals surface area contributed by atoms with Crippen molar-refractivity contribution in [1.82, 2.24) is 20.2 Å². The van der Waals surface area contributed by atoms with Crippen LogP contribution >= 0.6 is 0 Å². The molecule has 0 aliphatic heterocycles. The molecule has 0 radical (unpaired) electrons. The highest BCUT2D eigenvalue weighted by Crippen LogP contribution is 2.28. The van der Waals surface area contributed by atoms with Gasteiger partial charge in [0.1, 0.15) is 0 Å². The Hall–Kier alpha value is -1.91. The molecule has 96 valence electrons. The summed E-state index contributed by atoms with van der Waals surface area (Å²) in [5.41, 5.74) is 9.76. The molecule has 2 N–H and O–H groups in total. The lowest BCUT2D eigenvalue weighted by atomic mass is 10.0. The van der Waals surface area contributed by atoms with Gasteiger partial charge in [0.05, 0.1) is 5.54 Å². The maximum absolute atomic E-state index is 5.98. The smallest absolute Gasteiger partial charge is 0.182 e. The Morgan fingerprint density at radius 3 is 2.39 bits per heavy atom. The summed E-state index contributed by atoms with van der Waals surface area (Å²) in [5, 5.41) is 12.0. The van der Waals surface area contributed by atoms with Crippen LogP contribution in [0.25, 0.3) is 11.4 Å². The summed E-state index contributed by atoms with van der Waals surface area (Å²) in [7, 11) is 0. The van der Waals surface area contributed by atoms with Crippen LogP contribution in [0.3, 0.4) is 0 Å². The molecule has 2 rings (SSSR count). The lowest BCUT2D eigenvalue weighted by Crippen LogP contribution is -2.24. The average molecular weight is 245 g/mol. The van der Waals surface area contributed by atoms with E-state index in [2.05, 4.69) is 42.4 Å². The largest absolute Gasteiger partial charge is 0.398 e. The van der Waals surface area contributed by atoms with Gasteiger partial charge in [0.15, 0.2) is 5.82 Å². The van der Waals surface area contributed by atoms with E-state index in [1.54, 1.807) is 0 Å². The van der Waals surface area contributed by atoms with Crippen molar-refractivity contribution in [3.8, 4) is 11.4 Å². The highest BCUT2D eigenvalue weighted by molar-refractivity contribution is 5.67. The first-order valence-corrected chi connectivity index (χ1v) is 5.96. The minimum atomic E-state index is -0.162. The van der Waals surface area contributed by atoms with Gasteiger partial charge in [0, 0.05) is 11.3 Å². The molecular weight excluding hydrogens is 226 g/mol. The standard InChI is InChI=1S/C13H19N5/c1-8-6-9(2)11(14)7-10(8)12-15-16-17-18(12)13(3,4)5/h6-7H,14H2,1-5H3. The van der Waals surface area contributed by atoms with E-state index >= 15 is 0 Å². The molecule has 0 atom stereocenters. The van der Waals surface area contributed by atoms with E-state index < -0.39 is 0 Å². The first kappa shape index (κ1) is 12.5. The molecule has 1 aromatic carbocycles. The molecule has 0 fully saturated rings. The second-order valence-corrected chi connectivity index (χ2v) is 5.61. The number of anilines is 1. The van der Waals surface area contributed by atoms with Gasteiger partial charge in [-0.2, -0.15) is 0 Å². The molecule has 0 aliphatic rings. The van der Waals surface area contributed by atoms with Crippen molar-refractivity contribution in [2.24, 2.45) is 0 Å². The Morgan fingerprint density at radius 1 is 1.11 bits per heavy atom. The van der Waals surface area contributed by atoms with Crippen LogP contribution in [-0.4, -0.2) is 20.2 Å². The fourth-order valence-corrected chi connectivity index (χ4v) is 1.92. The fraction of sp³-hybridized carbons (Fsp3) is 0.462. The van der Waals surface area contributed by atoms with Crippen LogP contribution < -0.4 is 5.73 Å². The summed E-state index contributed by atoms with van der Waals surface area (Å²) in [5.74, 6) is 0.756. The van der Waals surface area contributed by atoms with Crippen LogP contribution in [0.2, 0.25) is 0 Å². The number of nitrogens with zero attached hydrogens (tertiary/aromatic N) is 4. The van der Waals surface area contributed by atoms with E-state index in [1.165, 1.54) is 0 Å². The monoisotopic (exact) mass is 245 g/mol. The van der Waals surface area contributed by atoms with Gasteiger partial charge >= 0.3 is 0 Å². The fourth-order valence-electron chi connectivity index (χ4n) is 1.92. The van der Waals surface area contributed by atoms with E-state index in [0.29, 0.717) is 0 Å². The zero-order chi connectivity index (χ0) is 13.5. The van der Waals surface area contributed by atoms with Gasteiger partial charge in [-0.25, -0.2) is 4.68 Å². The van der Waals surface area contributed by atoms with Crippen LogP contribution in [0.15, 0.2) is 12.1 Å². The molecule has 5 heteroatoms. The predicted octanol–water partition coefficient (Wildman–Crippen LogP) is 2.29. The van der Waals surface area contributed by atoms with Crippen LogP contribution in [0.5, 0.6) is 0 Å². The van der Waals surface area contributed by atoms with Crippen molar-refractivity contribution < 1.29 is 0 Å². The number of benzene rings is 1. The maximum atomic E-state index is 5.98. The van der Waals surface area contributed by atoms with Crippen molar-refractivity contribution in [3.05, 3.63) is 23.3 Å². The van der Waals surface area contributed by atoms with E-state index in [0.717, 1.165) is 28.2 Å². The lowest BCUT2D eigenvalue weighted by Gasteiger charge is -2.20. The zero-order valence-corrected chi connectivity index (χ0v) is 11.5. The molecule has 5 nitrogen and oxygen atoms in total. The minimum absolute atomic E-state index is 0.162. The van der Waals surface area contributed by atoms with Gasteiger partial charge in [0.25, 0.3) is 0 Å². The van der Waals surface area contributed by atoms with Crippen LogP contribution in [0.1, 0.15) is 31.9 Å². The minimum Gasteiger partial charge on any atom is -0.398 e. The lowest BCUT2D eigenvalue weighted by molar-refractivity contribution is 0.351. The van der Waals surface area contributed by atoms with Gasteiger partial charge in [-0.3, -0.25) is 0 Å². The van der Waals surface area contributed by atoms with Crippen LogP contribution in [0, 0.1) is 13.8 Å². The summed E-state index contributed by atoms with van der Waals surface area (Å²) in [6, 6.07) is 4.00. The molecule has 0 unspecified atom stereocenters. The van der Waals surface area contributed by atoms with Gasteiger partial charge in [-0.15, -0.1) is 5.10 Å². The molecule has 0 spiro atoms. The van der Waals surface area contributed by atoms with Crippen LogP contribution in [0.4, 0.5) is 5.69 Å². The van der Waals surface area contributed by atoms with Crippen LogP contribution in [-0.2, 0) is 5.54 Å². The van der Waals surface area contributed by atoms with Gasteiger partial charge in [0.2, 0.25) is 0 Å². The topological polar surface area (TPSA) is 69.6 Å². The second kappa shape index (κ2) is 4.08. The third kappa shape index (κ3) is 2.08. The Bertz CT molecular complexity index is 578. The van der Waals surface area contributed by atoms with Crippen molar-refractivity contribution in [2.45, 2.75) is 40.2 Å². The van der Waals surface area contributed by atoms with Gasteiger partial charge < -0.3 is 5.73 Å². The van der Waals surface area contributed by atoms with Crippen molar-refractivity contribution in [1.29, 1.82) is 0 Å². The number of rotatable bonds is 1. The van der Waals surface area contributed by atoms with Crippen molar-refractivity contribution >= 4 is 5.69 Å². The molecular formula is C13H19N5. The average Bonchev–Trinajstić information content (AvgIpc) is 2.71. The molecule has 1 heterocycles. The molecule has 0 bridgehead atoms. The second-order valence-electron chi connectivity index (χ2n) is 5.61. The zero-order valence-electron chi connectivity index (χ0n) is 11.5. The SMILES string of the molecule is Cc1cc(C)c(-c2nnnn2C(C)(C)C)cc1N. The molecule has 0 amide bonds. The maximum Gasteiger partial charge on any atom is 0.182 e. The number of nitrogen functional groups attached to an aromatic ring is 1. The number of hydrogen-bond acceptors (Lipinski definition) is 4. The Labute approximate surface area is 107 Å². The molecule has 0 saturated heterocycles. The summed E-state index contributed by atoms with van der Waals surface area (Å²) in [4.78, 5) is 0. The van der Waals surface area contributed by atoms with Gasteiger partial charge in [-0.05, 0) is 62.2 Å². The summed E-state index contributed by atoms with van der Waals surface area (Å²) in [6.45, 7) is 10.3. The van der Waals surface area contributed by atoms with E-state index in [4.69, 9.17) is 5.73 Å². The third-order valence-corrected chi connectivity index (χ3v) is 2.96. The number of aromatic nitrogens is 4. The number of tetrazole rings is 1. The highest BCUT2D eigenvalue weighted by Gasteiger charge is 2.21. The summed E-state index contributed by atoms with van der Waals surface area (Å²) < 4.78 is 1.82. The quantitative estimate of drug-likeness (QED) is 0.783. The number of nitrogens with two attached hydrogens (primary N) is 1. The molecule has 18 heavy (non-hydrogen) atoms. The molecule has 0 saturated carbocycles. The Balaban J connectivity index is 2.64. The Kier molecular flexibility index (Phi) is 2.84. The predicted molar refractivity (Wildman–Crippen MR) is 72.1 cm³/mol. The molecule has 2 aromatic rings. The first-order chi connectivity index (χ1) is 8.30. The van der Waals surface area contributed by atoms with E-state index in [1.807, 2.05) is 24.6 Å². The third-order valence-electron chi connectivity index (χ3n) is 2.96. The molecule has 1 aromatic heterocycles. The van der Waals surface area contributed by atoms with Gasteiger partial charge in [-0.1, -0.05) is 6.07 Å². The first-order valence-electron chi connectivity index (χ1n) is 5.96. The summed E-state index contributed by atoms with van der Waals surface area (Å²) in [6.07, 6.45) is 0.